The van der Waals surface area contributed by atoms with Crippen molar-refractivity contribution in [1.82, 2.24) is 9.97 Å². The van der Waals surface area contributed by atoms with Gasteiger partial charge in [-0.1, -0.05) is 23.7 Å². The summed E-state index contributed by atoms with van der Waals surface area (Å²) in [5.41, 5.74) is 7.37. The molecule has 7 heteroatoms. The second kappa shape index (κ2) is 6.62. The number of hydrogen-bond donors (Lipinski definition) is 1. The predicted octanol–water partition coefficient (Wildman–Crippen LogP) is 2.29. The molecule has 1 aromatic heterocycles. The highest BCUT2D eigenvalue weighted by molar-refractivity contribution is 6.31. The number of esters is 1. The van der Waals surface area contributed by atoms with Gasteiger partial charge >= 0.3 is 5.97 Å². The summed E-state index contributed by atoms with van der Waals surface area (Å²) in [7, 11) is 3.58. The number of nitrogens with two attached hydrogens (primary N) is 1. The third-order valence-electron chi connectivity index (χ3n) is 2.86. The summed E-state index contributed by atoms with van der Waals surface area (Å²) in [4.78, 5) is 21.5. The monoisotopic (exact) mass is 320 g/mol. The summed E-state index contributed by atoms with van der Waals surface area (Å²) in [6, 6.07) is 7.44. The van der Waals surface area contributed by atoms with E-state index in [-0.39, 0.29) is 10.9 Å². The summed E-state index contributed by atoms with van der Waals surface area (Å²) in [5.74, 6) is 0.690. The van der Waals surface area contributed by atoms with E-state index in [1.54, 1.807) is 19.0 Å². The third kappa shape index (κ3) is 3.85. The zero-order chi connectivity index (χ0) is 16.3. The molecule has 0 unspecified atom stereocenters. The van der Waals surface area contributed by atoms with Gasteiger partial charge in [0.05, 0.1) is 0 Å². The molecule has 1 heterocycles. The van der Waals surface area contributed by atoms with Crippen molar-refractivity contribution in [1.29, 1.82) is 0 Å². The second-order valence-corrected chi connectivity index (χ2v) is 5.35. The van der Waals surface area contributed by atoms with Crippen molar-refractivity contribution in [2.45, 2.75) is 13.3 Å². The van der Waals surface area contributed by atoms with Crippen LogP contribution in [0.25, 0.3) is 0 Å². The van der Waals surface area contributed by atoms with E-state index in [1.807, 2.05) is 24.3 Å². The minimum atomic E-state index is -0.472. The van der Waals surface area contributed by atoms with Gasteiger partial charge in [0, 0.05) is 33.1 Å². The van der Waals surface area contributed by atoms with Crippen LogP contribution in [0.4, 0.5) is 11.5 Å². The highest BCUT2D eigenvalue weighted by atomic mass is 35.5. The molecular formula is C15H17ClN4O2. The van der Waals surface area contributed by atoms with Crippen molar-refractivity contribution in [2.24, 2.45) is 0 Å². The molecule has 0 amide bonds. The average Bonchev–Trinajstić information content (AvgIpc) is 2.43. The molecule has 0 saturated carbocycles. The van der Waals surface area contributed by atoms with Gasteiger partial charge in [0.15, 0.2) is 11.0 Å². The number of nitrogens with zero attached hydrogens (tertiary/aromatic N) is 3. The Hall–Kier alpha value is -2.34. The molecule has 2 rings (SSSR count). The fourth-order valence-corrected chi connectivity index (χ4v) is 2.11. The molecule has 6 nitrogen and oxygen atoms in total. The van der Waals surface area contributed by atoms with Crippen LogP contribution in [0.5, 0.6) is 5.75 Å². The quantitative estimate of drug-likeness (QED) is 0.529. The Morgan fingerprint density at radius 2 is 1.91 bits per heavy atom. The first kappa shape index (κ1) is 16.0. The van der Waals surface area contributed by atoms with Gasteiger partial charge in [-0.15, -0.1) is 0 Å². The molecule has 0 aliphatic carbocycles. The summed E-state index contributed by atoms with van der Waals surface area (Å²) in [6.45, 7) is 1.30. The number of ether oxygens (including phenoxy) is 1. The Morgan fingerprint density at radius 3 is 2.45 bits per heavy atom. The molecule has 116 valence electrons. The van der Waals surface area contributed by atoms with E-state index in [0.717, 1.165) is 5.56 Å². The maximum Gasteiger partial charge on any atom is 0.308 e. The Balaban J connectivity index is 2.37. The van der Waals surface area contributed by atoms with Crippen molar-refractivity contribution < 1.29 is 9.53 Å². The minimum absolute atomic E-state index is 0.111. The van der Waals surface area contributed by atoms with Crippen LogP contribution < -0.4 is 15.4 Å². The number of carbonyl (C=O) groups is 1. The Morgan fingerprint density at radius 1 is 1.27 bits per heavy atom. The van der Waals surface area contributed by atoms with Crippen molar-refractivity contribution in [3.63, 3.8) is 0 Å². The molecule has 2 N–H and O–H groups in total. The summed E-state index contributed by atoms with van der Waals surface area (Å²) in [6.07, 6.45) is 0.501. The normalized spacial score (nSPS) is 10.4. The Kier molecular flexibility index (Phi) is 4.82. The number of anilines is 2. The van der Waals surface area contributed by atoms with E-state index < -0.39 is 5.97 Å². The molecule has 1 aromatic carbocycles. The molecule has 0 aliphatic rings. The Bertz CT molecular complexity index is 687. The summed E-state index contributed by atoms with van der Waals surface area (Å²) >= 11 is 6.14. The smallest absolute Gasteiger partial charge is 0.308 e. The molecule has 0 fully saturated rings. The van der Waals surface area contributed by atoms with Crippen molar-refractivity contribution in [3.8, 4) is 5.75 Å². The molecule has 0 spiro atoms. The van der Waals surface area contributed by atoms with Crippen LogP contribution in [-0.4, -0.2) is 30.0 Å². The van der Waals surface area contributed by atoms with Gasteiger partial charge in [0.25, 0.3) is 0 Å². The van der Waals surface area contributed by atoms with Gasteiger partial charge in [0.1, 0.15) is 5.82 Å². The first-order valence-corrected chi connectivity index (χ1v) is 7.01. The summed E-state index contributed by atoms with van der Waals surface area (Å²) in [5, 5.41) is 0.111. The number of hydrogen-bond acceptors (Lipinski definition) is 6. The van der Waals surface area contributed by atoms with Crippen molar-refractivity contribution in [3.05, 3.63) is 40.8 Å². The molecule has 0 saturated heterocycles. The van der Waals surface area contributed by atoms with Gasteiger partial charge in [0.2, 0.25) is 5.75 Å². The number of benzene rings is 1. The second-order valence-electron chi connectivity index (χ2n) is 4.99. The molecule has 0 radical (unpaired) electrons. The van der Waals surface area contributed by atoms with Crippen LogP contribution in [0.2, 0.25) is 5.15 Å². The van der Waals surface area contributed by atoms with Gasteiger partial charge < -0.3 is 15.4 Å². The molecule has 0 bridgehead atoms. The van der Waals surface area contributed by atoms with Crippen LogP contribution in [0.3, 0.4) is 0 Å². The number of carbonyl (C=O) groups excluding carboxylic acids is 1. The van der Waals surface area contributed by atoms with Crippen LogP contribution >= 0.6 is 11.6 Å². The lowest BCUT2D eigenvalue weighted by atomic mass is 10.1. The average molecular weight is 321 g/mol. The maximum atomic E-state index is 11.2. The molecule has 0 aliphatic heterocycles. The van der Waals surface area contributed by atoms with Crippen molar-refractivity contribution >= 4 is 29.1 Å². The number of halogens is 1. The first-order valence-electron chi connectivity index (χ1n) is 6.63. The highest BCUT2D eigenvalue weighted by Crippen LogP contribution is 2.32. The largest absolute Gasteiger partial charge is 0.419 e. The zero-order valence-electron chi connectivity index (χ0n) is 12.6. The van der Waals surface area contributed by atoms with Crippen LogP contribution in [0, 0.1) is 0 Å². The fourth-order valence-electron chi connectivity index (χ4n) is 1.89. The van der Waals surface area contributed by atoms with Crippen molar-refractivity contribution in [2.75, 3.05) is 24.7 Å². The minimum Gasteiger partial charge on any atom is -0.419 e. The van der Waals surface area contributed by atoms with Gasteiger partial charge in [-0.25, -0.2) is 9.97 Å². The lowest BCUT2D eigenvalue weighted by Gasteiger charge is -2.17. The Labute approximate surface area is 133 Å². The topological polar surface area (TPSA) is 81.3 Å². The lowest BCUT2D eigenvalue weighted by molar-refractivity contribution is -0.131. The predicted molar refractivity (Wildman–Crippen MR) is 86.3 cm³/mol. The molecule has 22 heavy (non-hydrogen) atoms. The third-order valence-corrected chi connectivity index (χ3v) is 3.12. The number of nitrogen functional groups attached to an aromatic ring is 1. The fraction of sp³-hybridized carbons (Fsp3) is 0.267. The van der Waals surface area contributed by atoms with E-state index in [4.69, 9.17) is 22.1 Å². The zero-order valence-corrected chi connectivity index (χ0v) is 13.4. The van der Waals surface area contributed by atoms with Crippen LogP contribution in [0.15, 0.2) is 24.3 Å². The number of rotatable bonds is 4. The number of aromatic nitrogens is 2. The SMILES string of the molecule is CC(=O)Oc1c(Cl)nc(Cc2ccc(N)cc2)nc1N(C)C. The standard InChI is InChI=1S/C15H17ClN4O2/c1-9(21)22-13-14(16)18-12(19-15(13)20(2)3)8-10-4-6-11(17)7-5-10/h4-7H,8,17H2,1-3H3. The highest BCUT2D eigenvalue weighted by Gasteiger charge is 2.18. The first-order chi connectivity index (χ1) is 10.4. The van der Waals surface area contributed by atoms with E-state index in [9.17, 15) is 4.79 Å². The van der Waals surface area contributed by atoms with E-state index >= 15 is 0 Å². The van der Waals surface area contributed by atoms with Crippen LogP contribution in [-0.2, 0) is 11.2 Å². The molecule has 2 aromatic rings. The molecular weight excluding hydrogens is 304 g/mol. The van der Waals surface area contributed by atoms with Gasteiger partial charge in [-0.05, 0) is 17.7 Å². The van der Waals surface area contributed by atoms with Crippen LogP contribution in [0.1, 0.15) is 18.3 Å². The summed E-state index contributed by atoms with van der Waals surface area (Å²) < 4.78 is 5.10. The maximum absolute atomic E-state index is 11.2. The molecule has 0 atom stereocenters. The van der Waals surface area contributed by atoms with Gasteiger partial charge in [-0.2, -0.15) is 0 Å². The van der Waals surface area contributed by atoms with E-state index in [0.29, 0.717) is 23.8 Å². The van der Waals surface area contributed by atoms with Gasteiger partial charge in [-0.3, -0.25) is 4.79 Å². The lowest BCUT2D eigenvalue weighted by Crippen LogP contribution is -2.16. The van der Waals surface area contributed by atoms with E-state index in [2.05, 4.69) is 9.97 Å². The van der Waals surface area contributed by atoms with E-state index in [1.165, 1.54) is 6.92 Å².